The summed E-state index contributed by atoms with van der Waals surface area (Å²) < 4.78 is 13.5. The third-order valence-corrected chi connectivity index (χ3v) is 4.77. The average Bonchev–Trinajstić information content (AvgIpc) is 3.08. The molecular weight excluding hydrogens is 375 g/mol. The first-order valence-corrected chi connectivity index (χ1v) is 9.17. The third-order valence-electron chi connectivity index (χ3n) is 4.77. The van der Waals surface area contributed by atoms with Crippen molar-refractivity contribution in [1.29, 1.82) is 0 Å². The summed E-state index contributed by atoms with van der Waals surface area (Å²) in [6.45, 7) is 3.33. The highest BCUT2D eigenvalue weighted by molar-refractivity contribution is 6.04. The van der Waals surface area contributed by atoms with E-state index in [-0.39, 0.29) is 36.6 Å². The second kappa shape index (κ2) is 7.42. The van der Waals surface area contributed by atoms with Crippen molar-refractivity contribution >= 4 is 23.2 Å². The smallest absolute Gasteiger partial charge is 0.250 e. The van der Waals surface area contributed by atoms with Gasteiger partial charge in [-0.3, -0.25) is 9.59 Å². The Labute approximate surface area is 166 Å². The summed E-state index contributed by atoms with van der Waals surface area (Å²) >= 11 is 0. The lowest BCUT2D eigenvalue weighted by Crippen LogP contribution is -2.41. The Hall–Kier alpha value is -3.62. The Balaban J connectivity index is 1.59. The van der Waals surface area contributed by atoms with E-state index < -0.39 is 0 Å². The van der Waals surface area contributed by atoms with Crippen LogP contribution in [0.5, 0.6) is 0 Å². The van der Waals surface area contributed by atoms with Crippen LogP contribution in [0.1, 0.15) is 18.9 Å². The minimum absolute atomic E-state index is 0.139. The van der Waals surface area contributed by atoms with Crippen LogP contribution < -0.4 is 10.2 Å². The molecule has 1 N–H and O–H groups in total. The number of nitrogens with zero attached hydrogens (tertiary/aromatic N) is 5. The monoisotopic (exact) mass is 394 g/mol. The molecule has 9 heteroatoms. The highest BCUT2D eigenvalue weighted by Crippen LogP contribution is 2.31. The van der Waals surface area contributed by atoms with E-state index in [1.165, 1.54) is 10.9 Å². The number of nitrogens with one attached hydrogen (secondary N) is 1. The summed E-state index contributed by atoms with van der Waals surface area (Å²) in [4.78, 5) is 27.9. The molecule has 29 heavy (non-hydrogen) atoms. The van der Waals surface area contributed by atoms with Gasteiger partial charge in [0, 0.05) is 18.0 Å². The zero-order chi connectivity index (χ0) is 20.5. The van der Waals surface area contributed by atoms with E-state index in [1.807, 2.05) is 13.0 Å². The summed E-state index contributed by atoms with van der Waals surface area (Å²) in [6.07, 6.45) is 0.186. The van der Waals surface area contributed by atoms with Crippen molar-refractivity contribution < 1.29 is 14.0 Å². The van der Waals surface area contributed by atoms with Crippen LogP contribution in [0.25, 0.3) is 11.4 Å². The van der Waals surface area contributed by atoms with E-state index in [2.05, 4.69) is 20.7 Å². The first-order chi connectivity index (χ1) is 13.9. The Morgan fingerprint density at radius 2 is 2.07 bits per heavy atom. The van der Waals surface area contributed by atoms with Gasteiger partial charge in [0.15, 0.2) is 0 Å². The largest absolute Gasteiger partial charge is 0.324 e. The molecule has 1 unspecified atom stereocenters. The highest BCUT2D eigenvalue weighted by Gasteiger charge is 2.30. The van der Waals surface area contributed by atoms with Crippen molar-refractivity contribution in [2.75, 3.05) is 10.2 Å². The van der Waals surface area contributed by atoms with Crippen LogP contribution in [-0.2, 0) is 16.1 Å². The number of tetrazole rings is 1. The van der Waals surface area contributed by atoms with Gasteiger partial charge in [-0.15, -0.1) is 10.2 Å². The van der Waals surface area contributed by atoms with E-state index >= 15 is 0 Å². The van der Waals surface area contributed by atoms with Crippen LogP contribution in [0.4, 0.5) is 15.8 Å². The average molecular weight is 394 g/mol. The summed E-state index contributed by atoms with van der Waals surface area (Å²) in [5.41, 5.74) is 2.31. The molecule has 0 bridgehead atoms. The first-order valence-electron chi connectivity index (χ1n) is 9.17. The number of benzene rings is 2. The van der Waals surface area contributed by atoms with Crippen molar-refractivity contribution in [3.63, 3.8) is 0 Å². The van der Waals surface area contributed by atoms with Gasteiger partial charge in [-0.05, 0) is 55.0 Å². The summed E-state index contributed by atoms with van der Waals surface area (Å²) in [5, 5.41) is 15.0. The molecule has 8 nitrogen and oxygen atoms in total. The molecule has 1 aliphatic heterocycles. The van der Waals surface area contributed by atoms with Crippen molar-refractivity contribution in [2.24, 2.45) is 0 Å². The normalized spacial score (nSPS) is 16.2. The standard InChI is InChI=1S/C20H19FN6O2/c1-12-9-14(7-8-15(12)21)20-23-25-26(24-20)11-19(29)27-13(2)10-18(28)22-16-5-3-4-6-17(16)27/h3-9,13H,10-11H2,1-2H3,(H,22,28). The number of hydrogen-bond donors (Lipinski definition) is 1. The number of aromatic nitrogens is 4. The van der Waals surface area contributed by atoms with Crippen LogP contribution in [0.15, 0.2) is 42.5 Å². The van der Waals surface area contributed by atoms with Crippen LogP contribution >= 0.6 is 0 Å². The Bertz CT molecular complexity index is 1100. The molecule has 0 spiro atoms. The number of para-hydroxylation sites is 2. The van der Waals surface area contributed by atoms with Gasteiger partial charge in [0.2, 0.25) is 11.7 Å². The minimum atomic E-state index is -0.325. The van der Waals surface area contributed by atoms with Gasteiger partial charge in [0.05, 0.1) is 11.4 Å². The van der Waals surface area contributed by atoms with Crippen molar-refractivity contribution in [3.8, 4) is 11.4 Å². The molecule has 0 fully saturated rings. The molecule has 148 valence electrons. The minimum Gasteiger partial charge on any atom is -0.324 e. The number of rotatable bonds is 3. The zero-order valence-electron chi connectivity index (χ0n) is 16.0. The number of hydrogen-bond acceptors (Lipinski definition) is 5. The molecule has 2 amide bonds. The number of anilines is 2. The van der Waals surface area contributed by atoms with E-state index in [0.29, 0.717) is 28.3 Å². The molecule has 0 aliphatic carbocycles. The van der Waals surface area contributed by atoms with Crippen molar-refractivity contribution in [3.05, 3.63) is 53.8 Å². The number of aryl methyl sites for hydroxylation is 1. The fourth-order valence-electron chi connectivity index (χ4n) is 3.37. The van der Waals surface area contributed by atoms with Gasteiger partial charge < -0.3 is 10.2 Å². The van der Waals surface area contributed by atoms with Gasteiger partial charge in [0.25, 0.3) is 5.91 Å². The SMILES string of the molecule is Cc1cc(-c2nnn(CC(=O)N3c4ccccc4NC(=O)CC3C)n2)ccc1F. The third kappa shape index (κ3) is 3.71. The number of halogens is 1. The van der Waals surface area contributed by atoms with E-state index in [9.17, 15) is 14.0 Å². The molecule has 2 heterocycles. The summed E-state index contributed by atoms with van der Waals surface area (Å²) in [6, 6.07) is 11.4. The number of carbonyl (C=O) groups is 2. The molecule has 1 aliphatic rings. The molecule has 1 aromatic heterocycles. The van der Waals surface area contributed by atoms with E-state index in [4.69, 9.17) is 0 Å². The molecular formula is C20H19FN6O2. The van der Waals surface area contributed by atoms with Gasteiger partial charge in [-0.25, -0.2) is 4.39 Å². The van der Waals surface area contributed by atoms with Crippen molar-refractivity contribution in [1.82, 2.24) is 20.2 Å². The molecule has 4 rings (SSSR count). The van der Waals surface area contributed by atoms with E-state index in [0.717, 1.165) is 0 Å². The van der Waals surface area contributed by atoms with Crippen molar-refractivity contribution in [2.45, 2.75) is 32.9 Å². The summed E-state index contributed by atoms with van der Waals surface area (Å²) in [7, 11) is 0. The Morgan fingerprint density at radius 3 is 2.86 bits per heavy atom. The maximum absolute atomic E-state index is 13.5. The molecule has 0 radical (unpaired) electrons. The zero-order valence-corrected chi connectivity index (χ0v) is 16.0. The van der Waals surface area contributed by atoms with Crippen LogP contribution in [0, 0.1) is 12.7 Å². The first kappa shape index (κ1) is 18.7. The Kier molecular flexibility index (Phi) is 4.79. The Morgan fingerprint density at radius 1 is 1.28 bits per heavy atom. The van der Waals surface area contributed by atoms with Gasteiger partial charge in [-0.2, -0.15) is 4.80 Å². The number of fused-ring (bicyclic) bond motifs is 1. The molecule has 3 aromatic rings. The van der Waals surface area contributed by atoms with Gasteiger partial charge in [0.1, 0.15) is 12.4 Å². The predicted octanol–water partition coefficient (Wildman–Crippen LogP) is 2.55. The molecule has 1 atom stereocenters. The van der Waals surface area contributed by atoms with Crippen LogP contribution in [-0.4, -0.2) is 38.1 Å². The second-order valence-corrected chi connectivity index (χ2v) is 6.99. The number of carbonyl (C=O) groups excluding carboxylic acids is 2. The predicted molar refractivity (Wildman–Crippen MR) is 105 cm³/mol. The molecule has 2 aromatic carbocycles. The van der Waals surface area contributed by atoms with E-state index in [1.54, 1.807) is 42.2 Å². The number of amides is 2. The lowest BCUT2D eigenvalue weighted by Gasteiger charge is -2.27. The lowest BCUT2D eigenvalue weighted by atomic mass is 10.1. The topological polar surface area (TPSA) is 93.0 Å². The quantitative estimate of drug-likeness (QED) is 0.737. The second-order valence-electron chi connectivity index (χ2n) is 6.99. The highest BCUT2D eigenvalue weighted by atomic mass is 19.1. The van der Waals surface area contributed by atoms with Crippen LogP contribution in [0.3, 0.4) is 0 Å². The lowest BCUT2D eigenvalue weighted by molar-refractivity contribution is -0.120. The maximum atomic E-state index is 13.5. The van der Waals surface area contributed by atoms with Gasteiger partial charge in [-0.1, -0.05) is 12.1 Å². The molecule has 0 saturated carbocycles. The van der Waals surface area contributed by atoms with Gasteiger partial charge >= 0.3 is 0 Å². The fourth-order valence-corrected chi connectivity index (χ4v) is 3.37. The maximum Gasteiger partial charge on any atom is 0.250 e. The summed E-state index contributed by atoms with van der Waals surface area (Å²) in [5.74, 6) is -0.413. The van der Waals surface area contributed by atoms with Crippen LogP contribution in [0.2, 0.25) is 0 Å². The molecule has 0 saturated heterocycles. The fraction of sp³-hybridized carbons (Fsp3) is 0.250.